The molecule has 0 fully saturated rings. The normalized spacial score (nSPS) is 12.7. The van der Waals surface area contributed by atoms with Crippen molar-refractivity contribution in [3.05, 3.63) is 50.4 Å². The summed E-state index contributed by atoms with van der Waals surface area (Å²) in [7, 11) is 0. The van der Waals surface area contributed by atoms with Gasteiger partial charge in [-0.2, -0.15) is 0 Å². The number of benzene rings is 1. The van der Waals surface area contributed by atoms with Gasteiger partial charge < -0.3 is 5.11 Å². The van der Waals surface area contributed by atoms with Crippen molar-refractivity contribution in [1.29, 1.82) is 0 Å². The second kappa shape index (κ2) is 5.17. The van der Waals surface area contributed by atoms with Gasteiger partial charge in [0.05, 0.1) is 11.1 Å². The van der Waals surface area contributed by atoms with Gasteiger partial charge in [0.25, 0.3) is 0 Å². The molecular formula is C13H14ClNOS. The van der Waals surface area contributed by atoms with Gasteiger partial charge in [0.1, 0.15) is 0 Å². The third kappa shape index (κ3) is 3.06. The van der Waals surface area contributed by atoms with E-state index < -0.39 is 6.10 Å². The molecule has 2 nitrogen and oxygen atoms in total. The van der Waals surface area contributed by atoms with Crippen molar-refractivity contribution in [1.82, 2.24) is 4.98 Å². The lowest BCUT2D eigenvalue weighted by molar-refractivity contribution is 0.178. The van der Waals surface area contributed by atoms with Crippen molar-refractivity contribution < 1.29 is 5.11 Å². The first-order valence-corrected chi connectivity index (χ1v) is 6.67. The molecular weight excluding hydrogens is 254 g/mol. The molecule has 90 valence electrons. The maximum Gasteiger partial charge on any atom is 0.0957 e. The lowest BCUT2D eigenvalue weighted by Gasteiger charge is -2.10. The summed E-state index contributed by atoms with van der Waals surface area (Å²) < 4.78 is 0. The van der Waals surface area contributed by atoms with Crippen LogP contribution in [0.15, 0.2) is 23.6 Å². The lowest BCUT2D eigenvalue weighted by Crippen LogP contribution is -2.02. The molecule has 0 aliphatic rings. The van der Waals surface area contributed by atoms with Gasteiger partial charge in [0, 0.05) is 22.5 Å². The van der Waals surface area contributed by atoms with Gasteiger partial charge in [-0.15, -0.1) is 11.3 Å². The van der Waals surface area contributed by atoms with E-state index >= 15 is 0 Å². The average molecular weight is 268 g/mol. The van der Waals surface area contributed by atoms with Crippen molar-refractivity contribution in [2.24, 2.45) is 0 Å². The highest BCUT2D eigenvalue weighted by atomic mass is 35.5. The van der Waals surface area contributed by atoms with E-state index in [0.717, 1.165) is 26.9 Å². The predicted molar refractivity (Wildman–Crippen MR) is 71.7 cm³/mol. The van der Waals surface area contributed by atoms with Crippen molar-refractivity contribution in [3.63, 3.8) is 0 Å². The van der Waals surface area contributed by atoms with Crippen molar-refractivity contribution in [2.75, 3.05) is 0 Å². The molecule has 4 heteroatoms. The first-order valence-electron chi connectivity index (χ1n) is 5.41. The Morgan fingerprint density at radius 3 is 2.76 bits per heavy atom. The Hall–Kier alpha value is -0.900. The number of halogens is 1. The van der Waals surface area contributed by atoms with E-state index in [9.17, 15) is 5.11 Å². The Labute approximate surface area is 110 Å². The highest BCUT2D eigenvalue weighted by molar-refractivity contribution is 7.09. The molecule has 0 amide bonds. The Morgan fingerprint density at radius 1 is 1.41 bits per heavy atom. The van der Waals surface area contributed by atoms with Crippen LogP contribution < -0.4 is 0 Å². The van der Waals surface area contributed by atoms with Crippen LogP contribution in [0.25, 0.3) is 0 Å². The Bertz CT molecular complexity index is 524. The molecule has 0 aliphatic carbocycles. The fourth-order valence-electron chi connectivity index (χ4n) is 1.65. The van der Waals surface area contributed by atoms with Gasteiger partial charge in [-0.25, -0.2) is 4.98 Å². The third-order valence-corrected chi connectivity index (χ3v) is 4.01. The summed E-state index contributed by atoms with van der Waals surface area (Å²) in [5, 5.41) is 13.8. The molecule has 0 saturated heterocycles. The van der Waals surface area contributed by atoms with Gasteiger partial charge in [0.2, 0.25) is 0 Å². The molecule has 0 spiro atoms. The van der Waals surface area contributed by atoms with E-state index in [0.29, 0.717) is 6.42 Å². The minimum absolute atomic E-state index is 0.517. The fraction of sp³-hybridized carbons (Fsp3) is 0.308. The van der Waals surface area contributed by atoms with E-state index in [1.807, 2.05) is 37.4 Å². The number of nitrogens with zero attached hydrogens (tertiary/aromatic N) is 1. The number of hydrogen-bond donors (Lipinski definition) is 1. The lowest BCUT2D eigenvalue weighted by atomic mass is 10.0. The molecule has 1 unspecified atom stereocenters. The molecule has 1 heterocycles. The summed E-state index contributed by atoms with van der Waals surface area (Å²) in [6.07, 6.45) is 0.0380. The second-order valence-electron chi connectivity index (χ2n) is 4.11. The molecule has 1 N–H and O–H groups in total. The van der Waals surface area contributed by atoms with Gasteiger partial charge in [0.15, 0.2) is 0 Å². The zero-order valence-corrected chi connectivity index (χ0v) is 11.3. The summed E-state index contributed by atoms with van der Waals surface area (Å²) >= 11 is 7.54. The maximum atomic E-state index is 10.1. The number of aromatic nitrogens is 1. The van der Waals surface area contributed by atoms with E-state index in [1.54, 1.807) is 11.3 Å². The minimum Gasteiger partial charge on any atom is -0.388 e. The number of aliphatic hydroxyl groups excluding tert-OH is 1. The van der Waals surface area contributed by atoms with Crippen LogP contribution in [0.5, 0.6) is 0 Å². The summed E-state index contributed by atoms with van der Waals surface area (Å²) in [5.41, 5.74) is 2.88. The first-order chi connectivity index (χ1) is 8.06. The van der Waals surface area contributed by atoms with E-state index in [-0.39, 0.29) is 0 Å². The van der Waals surface area contributed by atoms with E-state index in [2.05, 4.69) is 4.98 Å². The smallest absolute Gasteiger partial charge is 0.0957 e. The number of aliphatic hydroxyl groups is 1. The van der Waals surface area contributed by atoms with Crippen LogP contribution in [-0.4, -0.2) is 10.1 Å². The topological polar surface area (TPSA) is 33.1 Å². The van der Waals surface area contributed by atoms with Crippen molar-refractivity contribution in [2.45, 2.75) is 26.4 Å². The summed E-state index contributed by atoms with van der Waals surface area (Å²) in [6.45, 7) is 3.89. The zero-order valence-electron chi connectivity index (χ0n) is 9.77. The van der Waals surface area contributed by atoms with Gasteiger partial charge in [-0.05, 0) is 31.0 Å². The van der Waals surface area contributed by atoms with Crippen molar-refractivity contribution >= 4 is 22.9 Å². The highest BCUT2D eigenvalue weighted by Crippen LogP contribution is 2.24. The molecule has 0 aliphatic heterocycles. The standard InChI is InChI=1S/C13H14ClNOS/c1-8-5-10(3-4-11(8)14)12(16)6-13-15-9(2)7-17-13/h3-5,7,12,16H,6H2,1-2H3. The predicted octanol–water partition coefficient (Wildman–Crippen LogP) is 3.69. The molecule has 0 saturated carbocycles. The van der Waals surface area contributed by atoms with E-state index in [1.165, 1.54) is 0 Å². The fourth-order valence-corrected chi connectivity index (χ4v) is 2.58. The monoisotopic (exact) mass is 267 g/mol. The van der Waals surface area contributed by atoms with Crippen LogP contribution in [0.2, 0.25) is 5.02 Å². The maximum absolute atomic E-state index is 10.1. The van der Waals surface area contributed by atoms with Crippen molar-refractivity contribution in [3.8, 4) is 0 Å². The number of aryl methyl sites for hydroxylation is 2. The Morgan fingerprint density at radius 2 is 2.18 bits per heavy atom. The van der Waals surface area contributed by atoms with Crippen LogP contribution >= 0.6 is 22.9 Å². The minimum atomic E-state index is -0.517. The molecule has 2 rings (SSSR count). The summed E-state index contributed by atoms with van der Waals surface area (Å²) in [4.78, 5) is 4.35. The van der Waals surface area contributed by atoms with Crippen LogP contribution in [0.4, 0.5) is 0 Å². The molecule has 1 aromatic carbocycles. The van der Waals surface area contributed by atoms with Crippen LogP contribution in [0, 0.1) is 13.8 Å². The van der Waals surface area contributed by atoms with Crippen LogP contribution in [0.3, 0.4) is 0 Å². The molecule has 0 bridgehead atoms. The molecule has 0 radical (unpaired) electrons. The van der Waals surface area contributed by atoms with Gasteiger partial charge in [-0.3, -0.25) is 0 Å². The molecule has 1 atom stereocenters. The van der Waals surface area contributed by atoms with E-state index in [4.69, 9.17) is 11.6 Å². The second-order valence-corrected chi connectivity index (χ2v) is 5.46. The third-order valence-electron chi connectivity index (χ3n) is 2.60. The summed E-state index contributed by atoms with van der Waals surface area (Å²) in [5.74, 6) is 0. The van der Waals surface area contributed by atoms with Crippen LogP contribution in [0.1, 0.15) is 27.9 Å². The number of hydrogen-bond acceptors (Lipinski definition) is 3. The molecule has 17 heavy (non-hydrogen) atoms. The SMILES string of the molecule is Cc1csc(CC(O)c2ccc(Cl)c(C)c2)n1. The Balaban J connectivity index is 2.14. The number of rotatable bonds is 3. The quantitative estimate of drug-likeness (QED) is 0.920. The van der Waals surface area contributed by atoms with Gasteiger partial charge >= 0.3 is 0 Å². The largest absolute Gasteiger partial charge is 0.388 e. The van der Waals surface area contributed by atoms with Gasteiger partial charge in [-0.1, -0.05) is 23.7 Å². The molecule has 2 aromatic rings. The summed E-state index contributed by atoms with van der Waals surface area (Å²) in [6, 6.07) is 5.61. The highest BCUT2D eigenvalue weighted by Gasteiger charge is 2.11. The Kier molecular flexibility index (Phi) is 3.82. The van der Waals surface area contributed by atoms with Crippen LogP contribution in [-0.2, 0) is 6.42 Å². The average Bonchev–Trinajstić information content (AvgIpc) is 2.68. The first kappa shape index (κ1) is 12.6. The zero-order chi connectivity index (χ0) is 12.4. The molecule has 1 aromatic heterocycles. The number of thiazole rings is 1.